The summed E-state index contributed by atoms with van der Waals surface area (Å²) < 4.78 is 1.44. The predicted molar refractivity (Wildman–Crippen MR) is 120 cm³/mol. The lowest BCUT2D eigenvalue weighted by atomic mass is 9.89. The van der Waals surface area contributed by atoms with E-state index in [9.17, 15) is 9.90 Å². The number of aliphatic hydroxyl groups is 1. The van der Waals surface area contributed by atoms with E-state index in [1.54, 1.807) is 7.05 Å². The van der Waals surface area contributed by atoms with Crippen LogP contribution in [0.25, 0.3) is 22.2 Å². The zero-order chi connectivity index (χ0) is 21.1. The van der Waals surface area contributed by atoms with E-state index in [2.05, 4.69) is 46.4 Å². The highest BCUT2D eigenvalue weighted by Gasteiger charge is 2.20. The maximum absolute atomic E-state index is 12.6. The Balaban J connectivity index is 1.66. The number of aromatic nitrogens is 3. The highest BCUT2D eigenvalue weighted by Crippen LogP contribution is 2.30. The summed E-state index contributed by atoms with van der Waals surface area (Å²) in [7, 11) is 1.67. The molecule has 1 fully saturated rings. The van der Waals surface area contributed by atoms with Crippen LogP contribution < -0.4 is 10.9 Å². The lowest BCUT2D eigenvalue weighted by Crippen LogP contribution is -2.32. The number of aryl methyl sites for hydroxylation is 1. The Morgan fingerprint density at radius 3 is 2.60 bits per heavy atom. The van der Waals surface area contributed by atoms with Gasteiger partial charge >= 0.3 is 0 Å². The number of hydrogen-bond acceptors (Lipinski definition) is 6. The first-order valence-corrected chi connectivity index (χ1v) is 10.6. The number of likely N-dealkylation sites (tertiary alicyclic amines) is 1. The summed E-state index contributed by atoms with van der Waals surface area (Å²) >= 11 is 0. The van der Waals surface area contributed by atoms with Gasteiger partial charge in [-0.15, -0.1) is 0 Å². The molecule has 3 heterocycles. The number of fused-ring (bicyclic) bond motifs is 1. The van der Waals surface area contributed by atoms with E-state index >= 15 is 0 Å². The SMILES string of the molecule is CCN1CCC(c2ccc(-c3cc4ncn(C)c(=O)c4c(NCCO)n3)cc2)CC1. The van der Waals surface area contributed by atoms with Gasteiger partial charge < -0.3 is 19.9 Å². The smallest absolute Gasteiger partial charge is 0.264 e. The van der Waals surface area contributed by atoms with Gasteiger partial charge in [0.25, 0.3) is 5.56 Å². The Bertz CT molecular complexity index is 1070. The second kappa shape index (κ2) is 8.93. The molecule has 7 nitrogen and oxygen atoms in total. The van der Waals surface area contributed by atoms with Crippen LogP contribution in [0, 0.1) is 0 Å². The van der Waals surface area contributed by atoms with E-state index < -0.39 is 0 Å². The Morgan fingerprint density at radius 1 is 1.20 bits per heavy atom. The summed E-state index contributed by atoms with van der Waals surface area (Å²) in [6.07, 6.45) is 3.92. The number of piperidine rings is 1. The summed E-state index contributed by atoms with van der Waals surface area (Å²) in [6, 6.07) is 10.5. The molecule has 1 saturated heterocycles. The molecule has 158 valence electrons. The summed E-state index contributed by atoms with van der Waals surface area (Å²) in [5, 5.41) is 12.7. The van der Waals surface area contributed by atoms with Crippen molar-refractivity contribution in [3.05, 3.63) is 52.6 Å². The van der Waals surface area contributed by atoms with Crippen molar-refractivity contribution in [2.24, 2.45) is 7.05 Å². The molecular formula is C23H29N5O2. The standard InChI is InChI=1S/C23H29N5O2/c1-3-28-11-8-17(9-12-28)16-4-6-18(7-5-16)19-14-20-21(22(26-19)24-10-13-29)23(30)27(2)15-25-20/h4-7,14-15,17,29H,3,8-13H2,1-2H3,(H,24,26). The summed E-state index contributed by atoms with van der Waals surface area (Å²) in [6.45, 7) is 5.95. The van der Waals surface area contributed by atoms with Crippen molar-refractivity contribution in [2.75, 3.05) is 38.1 Å². The second-order valence-corrected chi connectivity index (χ2v) is 7.89. The summed E-state index contributed by atoms with van der Waals surface area (Å²) in [5.74, 6) is 1.07. The van der Waals surface area contributed by atoms with E-state index in [0.717, 1.165) is 30.9 Å². The minimum absolute atomic E-state index is 0.0421. The van der Waals surface area contributed by atoms with E-state index in [1.807, 2.05) is 6.07 Å². The predicted octanol–water partition coefficient (Wildman–Crippen LogP) is 2.60. The molecule has 2 N–H and O–H groups in total. The van der Waals surface area contributed by atoms with Crippen LogP contribution >= 0.6 is 0 Å². The van der Waals surface area contributed by atoms with Gasteiger partial charge in [-0.2, -0.15) is 0 Å². The third-order valence-corrected chi connectivity index (χ3v) is 6.02. The normalized spacial score (nSPS) is 15.6. The Hall–Kier alpha value is -2.77. The van der Waals surface area contributed by atoms with Crippen molar-refractivity contribution in [1.29, 1.82) is 0 Å². The molecule has 4 rings (SSSR count). The summed E-state index contributed by atoms with van der Waals surface area (Å²) in [4.78, 5) is 24.2. The second-order valence-electron chi connectivity index (χ2n) is 7.89. The minimum Gasteiger partial charge on any atom is -0.395 e. The molecule has 0 atom stereocenters. The van der Waals surface area contributed by atoms with Gasteiger partial charge in [0.05, 0.1) is 24.1 Å². The van der Waals surface area contributed by atoms with Gasteiger partial charge in [-0.1, -0.05) is 31.2 Å². The number of hydrogen-bond donors (Lipinski definition) is 2. The first-order valence-electron chi connectivity index (χ1n) is 10.6. The van der Waals surface area contributed by atoms with Crippen LogP contribution in [-0.4, -0.2) is 57.3 Å². The topological polar surface area (TPSA) is 83.3 Å². The Morgan fingerprint density at radius 2 is 1.93 bits per heavy atom. The molecule has 0 aliphatic carbocycles. The fourth-order valence-corrected chi connectivity index (χ4v) is 4.18. The monoisotopic (exact) mass is 407 g/mol. The Labute approximate surface area is 176 Å². The molecule has 7 heteroatoms. The molecule has 1 aliphatic rings. The van der Waals surface area contributed by atoms with E-state index in [0.29, 0.717) is 29.2 Å². The van der Waals surface area contributed by atoms with Crippen molar-refractivity contribution in [3.63, 3.8) is 0 Å². The van der Waals surface area contributed by atoms with Crippen molar-refractivity contribution in [1.82, 2.24) is 19.4 Å². The van der Waals surface area contributed by atoms with Crippen LogP contribution in [0.5, 0.6) is 0 Å². The molecule has 0 amide bonds. The lowest BCUT2D eigenvalue weighted by Gasteiger charge is -2.31. The van der Waals surface area contributed by atoms with Crippen LogP contribution in [0.4, 0.5) is 5.82 Å². The molecule has 0 spiro atoms. The first-order chi connectivity index (χ1) is 14.6. The average Bonchev–Trinajstić information content (AvgIpc) is 2.80. The zero-order valence-electron chi connectivity index (χ0n) is 17.6. The van der Waals surface area contributed by atoms with Gasteiger partial charge in [0.1, 0.15) is 11.2 Å². The zero-order valence-corrected chi connectivity index (χ0v) is 17.6. The number of nitrogens with zero attached hydrogens (tertiary/aromatic N) is 4. The van der Waals surface area contributed by atoms with Gasteiger partial charge in [-0.3, -0.25) is 4.79 Å². The minimum atomic E-state index is -0.159. The highest BCUT2D eigenvalue weighted by molar-refractivity contribution is 5.91. The number of aliphatic hydroxyl groups excluding tert-OH is 1. The van der Waals surface area contributed by atoms with E-state index in [4.69, 9.17) is 4.98 Å². The van der Waals surface area contributed by atoms with Crippen LogP contribution in [-0.2, 0) is 7.05 Å². The van der Waals surface area contributed by atoms with Crippen LogP contribution in [0.1, 0.15) is 31.2 Å². The van der Waals surface area contributed by atoms with Crippen LogP contribution in [0.15, 0.2) is 41.5 Å². The number of nitrogens with one attached hydrogen (secondary N) is 1. The van der Waals surface area contributed by atoms with Crippen molar-refractivity contribution < 1.29 is 5.11 Å². The fourth-order valence-electron chi connectivity index (χ4n) is 4.18. The number of anilines is 1. The van der Waals surface area contributed by atoms with Crippen molar-refractivity contribution in [2.45, 2.75) is 25.7 Å². The molecule has 3 aromatic rings. The van der Waals surface area contributed by atoms with E-state index in [1.165, 1.54) is 29.3 Å². The maximum atomic E-state index is 12.6. The summed E-state index contributed by atoms with van der Waals surface area (Å²) in [5.41, 5.74) is 3.56. The number of rotatable bonds is 6. The van der Waals surface area contributed by atoms with E-state index in [-0.39, 0.29) is 12.2 Å². The largest absolute Gasteiger partial charge is 0.395 e. The molecule has 1 aromatic carbocycles. The quantitative estimate of drug-likeness (QED) is 0.654. The van der Waals surface area contributed by atoms with Gasteiger partial charge in [-0.25, -0.2) is 9.97 Å². The molecule has 1 aliphatic heterocycles. The average molecular weight is 408 g/mol. The molecular weight excluding hydrogens is 378 g/mol. The molecule has 30 heavy (non-hydrogen) atoms. The highest BCUT2D eigenvalue weighted by atomic mass is 16.3. The molecule has 0 bridgehead atoms. The van der Waals surface area contributed by atoms with Crippen molar-refractivity contribution >= 4 is 16.7 Å². The molecule has 0 saturated carbocycles. The number of benzene rings is 1. The Kier molecular flexibility index (Phi) is 6.11. The van der Waals surface area contributed by atoms with Crippen molar-refractivity contribution in [3.8, 4) is 11.3 Å². The first kappa shape index (κ1) is 20.5. The molecule has 0 radical (unpaired) electrons. The molecule has 2 aromatic heterocycles. The van der Waals surface area contributed by atoms with Crippen LogP contribution in [0.3, 0.4) is 0 Å². The lowest BCUT2D eigenvalue weighted by molar-refractivity contribution is 0.222. The third-order valence-electron chi connectivity index (χ3n) is 6.02. The van der Waals surface area contributed by atoms with Crippen LogP contribution in [0.2, 0.25) is 0 Å². The fraction of sp³-hybridized carbons (Fsp3) is 0.435. The third kappa shape index (κ3) is 4.08. The molecule has 0 unspecified atom stereocenters. The maximum Gasteiger partial charge on any atom is 0.264 e. The van der Waals surface area contributed by atoms with Gasteiger partial charge in [-0.05, 0) is 50.0 Å². The van der Waals surface area contributed by atoms with Gasteiger partial charge in [0.2, 0.25) is 0 Å². The van der Waals surface area contributed by atoms with Gasteiger partial charge in [0.15, 0.2) is 0 Å². The van der Waals surface area contributed by atoms with Gasteiger partial charge in [0, 0.05) is 19.2 Å². The number of pyridine rings is 1.